The van der Waals surface area contributed by atoms with Crippen LogP contribution >= 0.6 is 11.6 Å². The van der Waals surface area contributed by atoms with Gasteiger partial charge in [-0.05, 0) is 37.0 Å². The van der Waals surface area contributed by atoms with Crippen LogP contribution in [0.15, 0.2) is 35.4 Å². The maximum absolute atomic E-state index is 5.62. The Hall–Kier alpha value is -0.790. The van der Waals surface area contributed by atoms with Gasteiger partial charge < -0.3 is 5.32 Å². The van der Waals surface area contributed by atoms with E-state index in [4.69, 9.17) is 11.6 Å². The molecule has 0 aliphatic rings. The zero-order chi connectivity index (χ0) is 12.0. The average Bonchev–Trinajstić information content (AvgIpc) is 2.35. The minimum atomic E-state index is 0.359. The van der Waals surface area contributed by atoms with Crippen LogP contribution in [-0.4, -0.2) is 6.54 Å². The molecule has 1 aromatic carbocycles. The van der Waals surface area contributed by atoms with Gasteiger partial charge in [-0.1, -0.05) is 42.8 Å². The van der Waals surface area contributed by atoms with Gasteiger partial charge in [0.2, 0.25) is 0 Å². The molecular formula is C14H20ClN. The molecule has 0 aliphatic carbocycles. The Morgan fingerprint density at radius 1 is 1.38 bits per heavy atom. The van der Waals surface area contributed by atoms with Gasteiger partial charge in [0, 0.05) is 18.1 Å². The Bertz CT molecular complexity index is 340. The molecule has 1 nitrogen and oxygen atoms in total. The summed E-state index contributed by atoms with van der Waals surface area (Å²) in [5, 5.41) is 3.43. The van der Waals surface area contributed by atoms with E-state index in [9.17, 15) is 0 Å². The minimum absolute atomic E-state index is 0.359. The Kier molecular flexibility index (Phi) is 5.58. The summed E-state index contributed by atoms with van der Waals surface area (Å²) in [5.41, 5.74) is 5.48. The fraction of sp³-hybridized carbons (Fsp3) is 0.429. The zero-order valence-electron chi connectivity index (χ0n) is 10.3. The summed E-state index contributed by atoms with van der Waals surface area (Å²) in [4.78, 5) is 0. The lowest BCUT2D eigenvalue weighted by molar-refractivity contribution is 0.607. The van der Waals surface area contributed by atoms with Crippen molar-refractivity contribution < 1.29 is 0 Å². The number of benzene rings is 1. The molecule has 0 fully saturated rings. The first-order valence-corrected chi connectivity index (χ1v) is 6.19. The maximum atomic E-state index is 5.62. The number of halogens is 1. The van der Waals surface area contributed by atoms with Crippen molar-refractivity contribution in [3.8, 4) is 0 Å². The molecule has 1 N–H and O–H groups in total. The van der Waals surface area contributed by atoms with Crippen molar-refractivity contribution in [3.05, 3.63) is 46.5 Å². The Labute approximate surface area is 104 Å². The third kappa shape index (κ3) is 3.99. The molecule has 88 valence electrons. The van der Waals surface area contributed by atoms with Crippen molar-refractivity contribution in [1.29, 1.82) is 0 Å². The maximum Gasteiger partial charge on any atom is 0.0294 e. The normalized spacial score (nSPS) is 13.9. The van der Waals surface area contributed by atoms with Crippen molar-refractivity contribution in [2.45, 2.75) is 33.2 Å². The molecule has 16 heavy (non-hydrogen) atoms. The van der Waals surface area contributed by atoms with Gasteiger partial charge in [0.05, 0.1) is 0 Å². The number of rotatable bonds is 5. The summed E-state index contributed by atoms with van der Waals surface area (Å²) in [6, 6.07) is 9.12. The monoisotopic (exact) mass is 237 g/mol. The zero-order valence-corrected chi connectivity index (χ0v) is 11.0. The van der Waals surface area contributed by atoms with Crippen LogP contribution in [0.3, 0.4) is 0 Å². The van der Waals surface area contributed by atoms with Crippen LogP contribution in [0.1, 0.15) is 37.9 Å². The molecule has 0 saturated carbocycles. The molecule has 0 bridgehead atoms. The SMILES string of the molecule is CCc1ccc(C(C)NC/C(C)=C/Cl)cc1. The first-order chi connectivity index (χ1) is 7.67. The van der Waals surface area contributed by atoms with Gasteiger partial charge in [-0.2, -0.15) is 0 Å². The van der Waals surface area contributed by atoms with E-state index in [1.54, 1.807) is 5.54 Å². The Morgan fingerprint density at radius 2 is 2.00 bits per heavy atom. The minimum Gasteiger partial charge on any atom is -0.306 e. The van der Waals surface area contributed by atoms with Crippen LogP contribution in [0.5, 0.6) is 0 Å². The predicted molar refractivity (Wildman–Crippen MR) is 71.8 cm³/mol. The second-order valence-corrected chi connectivity index (χ2v) is 4.37. The van der Waals surface area contributed by atoms with Crippen LogP contribution in [0, 0.1) is 0 Å². The first kappa shape index (κ1) is 13.3. The average molecular weight is 238 g/mol. The highest BCUT2D eigenvalue weighted by Crippen LogP contribution is 2.14. The second-order valence-electron chi connectivity index (χ2n) is 4.15. The smallest absolute Gasteiger partial charge is 0.0294 e. The Morgan fingerprint density at radius 3 is 2.50 bits per heavy atom. The van der Waals surface area contributed by atoms with Gasteiger partial charge in [0.25, 0.3) is 0 Å². The van der Waals surface area contributed by atoms with Crippen molar-refractivity contribution in [2.24, 2.45) is 0 Å². The summed E-state index contributed by atoms with van der Waals surface area (Å²) in [7, 11) is 0. The first-order valence-electron chi connectivity index (χ1n) is 5.75. The lowest BCUT2D eigenvalue weighted by Crippen LogP contribution is -2.20. The molecule has 1 aromatic rings. The number of hydrogen-bond donors (Lipinski definition) is 1. The highest BCUT2D eigenvalue weighted by Gasteiger charge is 2.03. The fourth-order valence-corrected chi connectivity index (χ4v) is 1.59. The van der Waals surface area contributed by atoms with Crippen LogP contribution in [0.2, 0.25) is 0 Å². The van der Waals surface area contributed by atoms with Crippen LogP contribution < -0.4 is 5.32 Å². The van der Waals surface area contributed by atoms with Gasteiger partial charge in [-0.15, -0.1) is 0 Å². The van der Waals surface area contributed by atoms with E-state index < -0.39 is 0 Å². The third-order valence-corrected chi connectivity index (χ3v) is 3.13. The molecule has 0 saturated heterocycles. The number of nitrogens with one attached hydrogen (secondary N) is 1. The summed E-state index contributed by atoms with van der Waals surface area (Å²) >= 11 is 5.62. The van der Waals surface area contributed by atoms with E-state index >= 15 is 0 Å². The van der Waals surface area contributed by atoms with Crippen molar-refractivity contribution in [3.63, 3.8) is 0 Å². The van der Waals surface area contributed by atoms with E-state index in [0.29, 0.717) is 6.04 Å². The lowest BCUT2D eigenvalue weighted by atomic mass is 10.0. The molecule has 0 aliphatic heterocycles. The largest absolute Gasteiger partial charge is 0.306 e. The van der Waals surface area contributed by atoms with E-state index in [1.165, 1.54) is 11.1 Å². The molecule has 1 rings (SSSR count). The highest BCUT2D eigenvalue weighted by atomic mass is 35.5. The lowest BCUT2D eigenvalue weighted by Gasteiger charge is -2.14. The molecule has 0 radical (unpaired) electrons. The van der Waals surface area contributed by atoms with Crippen LogP contribution in [0.4, 0.5) is 0 Å². The van der Waals surface area contributed by atoms with E-state index in [0.717, 1.165) is 18.5 Å². The van der Waals surface area contributed by atoms with Gasteiger partial charge in [0.1, 0.15) is 0 Å². The quantitative estimate of drug-likeness (QED) is 0.815. The molecule has 0 heterocycles. The molecule has 1 unspecified atom stereocenters. The van der Waals surface area contributed by atoms with Crippen LogP contribution in [-0.2, 0) is 6.42 Å². The molecule has 1 atom stereocenters. The Balaban J connectivity index is 2.55. The van der Waals surface area contributed by atoms with E-state index in [2.05, 4.69) is 43.4 Å². The number of hydrogen-bond acceptors (Lipinski definition) is 1. The number of aryl methyl sites for hydroxylation is 1. The topological polar surface area (TPSA) is 12.0 Å². The standard InChI is InChI=1S/C14H20ClN/c1-4-13-5-7-14(8-6-13)12(3)16-10-11(2)9-15/h5-9,12,16H,4,10H2,1-3H3/b11-9+. The van der Waals surface area contributed by atoms with Gasteiger partial charge in [-0.3, -0.25) is 0 Å². The summed E-state index contributed by atoms with van der Waals surface area (Å²) in [5.74, 6) is 0. The second kappa shape index (κ2) is 6.72. The van der Waals surface area contributed by atoms with Crippen LogP contribution in [0.25, 0.3) is 0 Å². The van der Waals surface area contributed by atoms with Crippen molar-refractivity contribution in [2.75, 3.05) is 6.54 Å². The van der Waals surface area contributed by atoms with Gasteiger partial charge in [0.15, 0.2) is 0 Å². The predicted octanol–water partition coefficient (Wildman–Crippen LogP) is 4.04. The summed E-state index contributed by atoms with van der Waals surface area (Å²) in [6.45, 7) is 7.20. The third-order valence-electron chi connectivity index (χ3n) is 2.76. The molecular weight excluding hydrogens is 218 g/mol. The fourth-order valence-electron chi connectivity index (χ4n) is 1.51. The molecule has 0 amide bonds. The van der Waals surface area contributed by atoms with Crippen molar-refractivity contribution >= 4 is 11.6 Å². The van der Waals surface area contributed by atoms with E-state index in [-0.39, 0.29) is 0 Å². The van der Waals surface area contributed by atoms with E-state index in [1.807, 2.05) is 6.92 Å². The highest BCUT2D eigenvalue weighted by molar-refractivity contribution is 6.25. The molecule has 0 aromatic heterocycles. The molecule has 2 heteroatoms. The summed E-state index contributed by atoms with van der Waals surface area (Å²) < 4.78 is 0. The summed E-state index contributed by atoms with van der Waals surface area (Å²) in [6.07, 6.45) is 1.09. The van der Waals surface area contributed by atoms with Gasteiger partial charge in [-0.25, -0.2) is 0 Å². The molecule has 0 spiro atoms. The van der Waals surface area contributed by atoms with Crippen molar-refractivity contribution in [1.82, 2.24) is 5.32 Å². The van der Waals surface area contributed by atoms with Gasteiger partial charge >= 0.3 is 0 Å².